The Bertz CT molecular complexity index is 1830. The average molecular weight is 808 g/mol. The number of alkyl carbamates (subject to hydrolysis) is 1. The number of nitrogens with zero attached hydrogens (tertiary/aromatic N) is 1. The van der Waals surface area contributed by atoms with Gasteiger partial charge < -0.3 is 34.9 Å². The van der Waals surface area contributed by atoms with E-state index in [-0.39, 0.29) is 24.5 Å². The van der Waals surface area contributed by atoms with Crippen molar-refractivity contribution < 1.29 is 47.7 Å². The van der Waals surface area contributed by atoms with Gasteiger partial charge in [-0.15, -0.1) is 11.8 Å². The van der Waals surface area contributed by atoms with E-state index in [0.29, 0.717) is 12.0 Å². The highest BCUT2D eigenvalue weighted by atomic mass is 35.6. The van der Waals surface area contributed by atoms with Crippen LogP contribution in [0.25, 0.3) is 0 Å². The third-order valence-electron chi connectivity index (χ3n) is 8.26. The molecule has 14 nitrogen and oxygen atoms in total. The van der Waals surface area contributed by atoms with Crippen LogP contribution in [-0.2, 0) is 46.6 Å². The average Bonchev–Trinajstić information content (AvgIpc) is 3.34. The molecular weight excluding hydrogens is 775 g/mol. The number of halogens is 3. The summed E-state index contributed by atoms with van der Waals surface area (Å²) in [6.07, 6.45) is -1.79. The second-order valence-corrected chi connectivity index (χ2v) is 16.5. The van der Waals surface area contributed by atoms with Crippen LogP contribution in [0.15, 0.2) is 84.9 Å². The molecule has 280 valence electrons. The van der Waals surface area contributed by atoms with Crippen molar-refractivity contribution >= 4 is 83.0 Å². The van der Waals surface area contributed by atoms with Crippen molar-refractivity contribution in [3.05, 3.63) is 102 Å². The quantitative estimate of drug-likeness (QED) is 0.0534. The minimum Gasteiger partial charge on any atom is -0.458 e. The largest absolute Gasteiger partial charge is 0.514 e. The number of β-lactam (4-membered cyclic amide) rings is 1. The Hall–Kier alpha value is -4.70. The Balaban J connectivity index is 1.42. The van der Waals surface area contributed by atoms with Crippen LogP contribution in [0.3, 0.4) is 0 Å². The highest BCUT2D eigenvalue weighted by Crippen LogP contribution is 2.56. The van der Waals surface area contributed by atoms with E-state index >= 15 is 0 Å². The van der Waals surface area contributed by atoms with Gasteiger partial charge in [0.1, 0.15) is 43.0 Å². The molecular formula is C35H33Cl3N4O10S. The van der Waals surface area contributed by atoms with Crippen LogP contribution in [0.1, 0.15) is 36.6 Å². The molecule has 3 aromatic rings. The number of hydrogen-bond acceptors (Lipinski definition) is 11. The van der Waals surface area contributed by atoms with Crippen LogP contribution in [0.2, 0.25) is 0 Å². The van der Waals surface area contributed by atoms with E-state index in [1.807, 2.05) is 6.07 Å². The van der Waals surface area contributed by atoms with Gasteiger partial charge >= 0.3 is 18.2 Å². The number of rotatable bonds is 13. The van der Waals surface area contributed by atoms with Gasteiger partial charge in [-0.1, -0.05) is 108 Å². The van der Waals surface area contributed by atoms with Crippen molar-refractivity contribution in [2.45, 2.75) is 58.7 Å². The number of benzene rings is 3. The second-order valence-electron chi connectivity index (χ2n) is 12.2. The molecule has 4 amide bonds. The fourth-order valence-electron chi connectivity index (χ4n) is 5.71. The standard InChI is InChI=1S/C35H33Cl3N4O10S/c1-33(2)35(30(46)49-17-21-9-5-3-6-10-21,42-28(45)26(39-20-43)29(42)53-33)41-27(44)25(40-31(47)51-19-34(36,37)38)23-13-15-24(16-14-23)52-32(48)50-18-22-11-7-4-8-12-22/h3-16,20,25-26,29H,17-19H2,1-2H3,(H,39,43)(H,40,47)(H,41,44)/t25?,26-,29-,35+/m1/s1. The molecule has 5 rings (SSSR count). The van der Waals surface area contributed by atoms with Crippen LogP contribution in [0, 0.1) is 0 Å². The summed E-state index contributed by atoms with van der Waals surface area (Å²) in [4.78, 5) is 79.9. The summed E-state index contributed by atoms with van der Waals surface area (Å²) in [5.74, 6) is -2.55. The molecule has 1 unspecified atom stereocenters. The molecule has 2 saturated heterocycles. The van der Waals surface area contributed by atoms with Gasteiger partial charge in [0, 0.05) is 0 Å². The Morgan fingerprint density at radius 1 is 0.887 bits per heavy atom. The number of carbonyl (C=O) groups is 6. The molecule has 3 aromatic carbocycles. The Morgan fingerprint density at radius 2 is 1.47 bits per heavy atom. The summed E-state index contributed by atoms with van der Waals surface area (Å²) in [5, 5.41) is 6.80. The Kier molecular flexibility index (Phi) is 12.3. The highest BCUT2D eigenvalue weighted by molar-refractivity contribution is 8.01. The van der Waals surface area contributed by atoms with Crippen molar-refractivity contribution in [3.63, 3.8) is 0 Å². The van der Waals surface area contributed by atoms with E-state index in [1.54, 1.807) is 68.4 Å². The van der Waals surface area contributed by atoms with Gasteiger partial charge in [0.25, 0.3) is 5.91 Å². The maximum atomic E-state index is 14.4. The highest BCUT2D eigenvalue weighted by Gasteiger charge is 2.74. The Labute approximate surface area is 323 Å². The summed E-state index contributed by atoms with van der Waals surface area (Å²) in [5.41, 5.74) is -0.630. The van der Waals surface area contributed by atoms with E-state index in [4.69, 9.17) is 53.8 Å². The van der Waals surface area contributed by atoms with Crippen molar-refractivity contribution in [2.75, 3.05) is 6.61 Å². The number of fused-ring (bicyclic) bond motifs is 1. The van der Waals surface area contributed by atoms with E-state index < -0.39 is 68.3 Å². The molecule has 2 heterocycles. The molecule has 2 fully saturated rings. The maximum absolute atomic E-state index is 14.4. The summed E-state index contributed by atoms with van der Waals surface area (Å²) in [7, 11) is 0. The number of nitrogens with one attached hydrogen (secondary N) is 3. The van der Waals surface area contributed by atoms with Gasteiger partial charge in [0.2, 0.25) is 21.8 Å². The van der Waals surface area contributed by atoms with Gasteiger partial charge in [-0.2, -0.15) is 0 Å². The number of carbonyl (C=O) groups excluding carboxylic acids is 6. The molecule has 0 saturated carbocycles. The number of ether oxygens (including phenoxy) is 4. The maximum Gasteiger partial charge on any atom is 0.514 e. The van der Waals surface area contributed by atoms with Gasteiger partial charge in [-0.25, -0.2) is 14.4 Å². The normalized spacial score (nSPS) is 20.5. The van der Waals surface area contributed by atoms with E-state index in [2.05, 4.69) is 16.0 Å². The minimum absolute atomic E-state index is 0.0310. The zero-order valence-electron chi connectivity index (χ0n) is 28.1. The van der Waals surface area contributed by atoms with E-state index in [9.17, 15) is 28.8 Å². The predicted octanol–water partition coefficient (Wildman–Crippen LogP) is 4.90. The monoisotopic (exact) mass is 806 g/mol. The van der Waals surface area contributed by atoms with Gasteiger partial charge in [0.05, 0.1) is 4.75 Å². The number of hydrogen-bond donors (Lipinski definition) is 3. The topological polar surface area (TPSA) is 179 Å². The van der Waals surface area contributed by atoms with Crippen molar-refractivity contribution in [2.24, 2.45) is 0 Å². The van der Waals surface area contributed by atoms with E-state index in [0.717, 1.165) is 22.2 Å². The van der Waals surface area contributed by atoms with Crippen LogP contribution in [0.4, 0.5) is 9.59 Å². The molecule has 0 aromatic heterocycles. The summed E-state index contributed by atoms with van der Waals surface area (Å²) >= 11 is 18.4. The number of esters is 1. The third-order valence-corrected chi connectivity index (χ3v) is 10.2. The molecule has 0 bridgehead atoms. The first-order valence-electron chi connectivity index (χ1n) is 15.9. The van der Waals surface area contributed by atoms with Gasteiger partial charge in [0.15, 0.2) is 0 Å². The summed E-state index contributed by atoms with van der Waals surface area (Å²) in [6.45, 7) is 2.36. The minimum atomic E-state index is -2.14. The lowest BCUT2D eigenvalue weighted by atomic mass is 9.87. The predicted molar refractivity (Wildman–Crippen MR) is 194 cm³/mol. The van der Waals surface area contributed by atoms with Crippen molar-refractivity contribution in [1.29, 1.82) is 0 Å². The number of thioether (sulfide) groups is 1. The molecule has 3 N–H and O–H groups in total. The van der Waals surface area contributed by atoms with Crippen molar-refractivity contribution in [3.8, 4) is 5.75 Å². The fourth-order valence-corrected chi connectivity index (χ4v) is 7.58. The SMILES string of the molecule is CC1(C)S[C@@H]2[C@H](NC=O)C(=O)N2[C@@]1(NC(=O)C(NC(=O)OCC(Cl)(Cl)Cl)c1ccc(OC(=O)OCc2ccccc2)cc1)C(=O)OCc1ccccc1. The van der Waals surface area contributed by atoms with Crippen LogP contribution in [-0.4, -0.2) is 73.6 Å². The number of alkyl halides is 3. The lowest BCUT2D eigenvalue weighted by Crippen LogP contribution is -2.80. The third kappa shape index (κ3) is 9.10. The lowest BCUT2D eigenvalue weighted by molar-refractivity contribution is -0.181. The van der Waals surface area contributed by atoms with E-state index in [1.165, 1.54) is 24.3 Å². The van der Waals surface area contributed by atoms with Gasteiger partial charge in [-0.3, -0.25) is 19.3 Å². The molecule has 18 heteroatoms. The lowest BCUT2D eigenvalue weighted by Gasteiger charge is -2.50. The van der Waals surface area contributed by atoms with Gasteiger partial charge in [-0.05, 0) is 42.7 Å². The molecule has 0 spiro atoms. The molecule has 4 atom stereocenters. The smallest absolute Gasteiger partial charge is 0.458 e. The van der Waals surface area contributed by atoms with Crippen molar-refractivity contribution in [1.82, 2.24) is 20.9 Å². The summed E-state index contributed by atoms with van der Waals surface area (Å²) < 4.78 is 17.9. The van der Waals surface area contributed by atoms with Crippen LogP contribution < -0.4 is 20.7 Å². The zero-order chi connectivity index (χ0) is 38.4. The summed E-state index contributed by atoms with van der Waals surface area (Å²) in [6, 6.07) is 20.6. The van der Waals surface area contributed by atoms with Crippen LogP contribution >= 0.6 is 46.6 Å². The second kappa shape index (κ2) is 16.5. The number of amides is 4. The molecule has 2 aliphatic heterocycles. The molecule has 53 heavy (non-hydrogen) atoms. The first kappa shape index (κ1) is 39.5. The first-order chi connectivity index (χ1) is 25.1. The Morgan fingerprint density at radius 3 is 2.04 bits per heavy atom. The van der Waals surface area contributed by atoms with Crippen LogP contribution in [0.5, 0.6) is 5.75 Å². The zero-order valence-corrected chi connectivity index (χ0v) is 31.2. The fraction of sp³-hybridized carbons (Fsp3) is 0.314. The molecule has 0 aliphatic carbocycles. The molecule has 0 radical (unpaired) electrons. The molecule has 2 aliphatic rings. The first-order valence-corrected chi connectivity index (χ1v) is 17.9.